The molecule has 0 unspecified atom stereocenters. The molecular formula is C13H15N3. The monoisotopic (exact) mass is 213 g/mol. The van der Waals surface area contributed by atoms with Gasteiger partial charge in [-0.25, -0.2) is 4.98 Å². The Morgan fingerprint density at radius 3 is 2.69 bits per heavy atom. The summed E-state index contributed by atoms with van der Waals surface area (Å²) in [5.74, 6) is 1.02. The maximum Gasteiger partial charge on any atom is 0.131 e. The van der Waals surface area contributed by atoms with Gasteiger partial charge in [0.05, 0.1) is 5.52 Å². The van der Waals surface area contributed by atoms with E-state index in [4.69, 9.17) is 5.73 Å². The number of anilines is 2. The van der Waals surface area contributed by atoms with Crippen molar-refractivity contribution in [3.05, 3.63) is 30.3 Å². The summed E-state index contributed by atoms with van der Waals surface area (Å²) >= 11 is 0. The summed E-state index contributed by atoms with van der Waals surface area (Å²) in [5.41, 5.74) is 7.87. The number of benzene rings is 1. The molecule has 0 radical (unpaired) electrons. The molecule has 3 heteroatoms. The van der Waals surface area contributed by atoms with Crippen LogP contribution in [0.1, 0.15) is 12.8 Å². The van der Waals surface area contributed by atoms with Gasteiger partial charge in [-0.3, -0.25) is 0 Å². The molecule has 3 nitrogen and oxygen atoms in total. The highest BCUT2D eigenvalue weighted by Crippen LogP contribution is 2.26. The molecule has 1 aromatic heterocycles. The lowest BCUT2D eigenvalue weighted by atomic mass is 10.2. The number of hydrogen-bond acceptors (Lipinski definition) is 3. The van der Waals surface area contributed by atoms with Crippen LogP contribution in [0.15, 0.2) is 30.3 Å². The van der Waals surface area contributed by atoms with Crippen molar-refractivity contribution in [1.29, 1.82) is 0 Å². The summed E-state index contributed by atoms with van der Waals surface area (Å²) < 4.78 is 0. The third-order valence-electron chi connectivity index (χ3n) is 3.16. The van der Waals surface area contributed by atoms with Crippen molar-refractivity contribution in [2.24, 2.45) is 0 Å². The Morgan fingerprint density at radius 2 is 1.88 bits per heavy atom. The van der Waals surface area contributed by atoms with Gasteiger partial charge < -0.3 is 10.6 Å². The van der Waals surface area contributed by atoms with E-state index in [1.54, 1.807) is 0 Å². The largest absolute Gasteiger partial charge is 0.398 e. The van der Waals surface area contributed by atoms with Gasteiger partial charge in [0.25, 0.3) is 0 Å². The Morgan fingerprint density at radius 1 is 1.12 bits per heavy atom. The van der Waals surface area contributed by atoms with Crippen LogP contribution in [-0.4, -0.2) is 18.1 Å². The van der Waals surface area contributed by atoms with Crippen LogP contribution in [0.2, 0.25) is 0 Å². The predicted octanol–water partition coefficient (Wildman–Crippen LogP) is 2.42. The maximum atomic E-state index is 6.06. The fraction of sp³-hybridized carbons (Fsp3) is 0.308. The first-order valence-electron chi connectivity index (χ1n) is 5.75. The van der Waals surface area contributed by atoms with Crippen molar-refractivity contribution in [2.45, 2.75) is 12.8 Å². The topological polar surface area (TPSA) is 42.1 Å². The molecule has 1 fully saturated rings. The molecule has 2 heterocycles. The van der Waals surface area contributed by atoms with Crippen LogP contribution in [0.3, 0.4) is 0 Å². The minimum Gasteiger partial charge on any atom is -0.398 e. The van der Waals surface area contributed by atoms with Gasteiger partial charge in [-0.2, -0.15) is 0 Å². The average Bonchev–Trinajstić information content (AvgIpc) is 2.82. The minimum atomic E-state index is 0.826. The van der Waals surface area contributed by atoms with Gasteiger partial charge in [0.15, 0.2) is 0 Å². The van der Waals surface area contributed by atoms with Crippen LogP contribution in [0.5, 0.6) is 0 Å². The van der Waals surface area contributed by atoms with Crippen LogP contribution < -0.4 is 10.6 Å². The SMILES string of the molecule is Nc1cc(N2CCCC2)nc2ccccc12. The fourth-order valence-corrected chi connectivity index (χ4v) is 2.30. The Kier molecular flexibility index (Phi) is 2.17. The number of rotatable bonds is 1. The summed E-state index contributed by atoms with van der Waals surface area (Å²) in [6.07, 6.45) is 2.52. The lowest BCUT2D eigenvalue weighted by Gasteiger charge is -2.17. The molecule has 1 aromatic carbocycles. The highest BCUT2D eigenvalue weighted by molar-refractivity contribution is 5.91. The molecule has 2 N–H and O–H groups in total. The zero-order valence-corrected chi connectivity index (χ0v) is 9.19. The van der Waals surface area contributed by atoms with E-state index in [2.05, 4.69) is 9.88 Å². The smallest absolute Gasteiger partial charge is 0.131 e. The third-order valence-corrected chi connectivity index (χ3v) is 3.16. The van der Waals surface area contributed by atoms with Gasteiger partial charge in [-0.15, -0.1) is 0 Å². The first-order chi connectivity index (χ1) is 7.84. The lowest BCUT2D eigenvalue weighted by molar-refractivity contribution is 0.944. The second-order valence-electron chi connectivity index (χ2n) is 4.28. The summed E-state index contributed by atoms with van der Waals surface area (Å²) in [4.78, 5) is 6.97. The molecular weight excluding hydrogens is 198 g/mol. The lowest BCUT2D eigenvalue weighted by Crippen LogP contribution is -2.19. The molecule has 1 aliphatic rings. The summed E-state index contributed by atoms with van der Waals surface area (Å²) in [5, 5.41) is 1.05. The first-order valence-corrected chi connectivity index (χ1v) is 5.75. The van der Waals surface area contributed by atoms with Gasteiger partial charge in [0.2, 0.25) is 0 Å². The van der Waals surface area contributed by atoms with Crippen molar-refractivity contribution in [3.8, 4) is 0 Å². The van der Waals surface area contributed by atoms with Crippen molar-refractivity contribution in [1.82, 2.24) is 4.98 Å². The van der Waals surface area contributed by atoms with E-state index in [-0.39, 0.29) is 0 Å². The number of aromatic nitrogens is 1. The molecule has 16 heavy (non-hydrogen) atoms. The Balaban J connectivity index is 2.13. The van der Waals surface area contributed by atoms with E-state index in [0.29, 0.717) is 0 Å². The Hall–Kier alpha value is -1.77. The van der Waals surface area contributed by atoms with Gasteiger partial charge in [-0.1, -0.05) is 18.2 Å². The number of nitrogens with zero attached hydrogens (tertiary/aromatic N) is 2. The van der Waals surface area contributed by atoms with E-state index in [1.165, 1.54) is 12.8 Å². The molecule has 1 saturated heterocycles. The zero-order chi connectivity index (χ0) is 11.0. The van der Waals surface area contributed by atoms with Crippen LogP contribution in [0.25, 0.3) is 10.9 Å². The molecule has 0 atom stereocenters. The van der Waals surface area contributed by atoms with E-state index in [9.17, 15) is 0 Å². The number of fused-ring (bicyclic) bond motifs is 1. The number of hydrogen-bond donors (Lipinski definition) is 1. The summed E-state index contributed by atoms with van der Waals surface area (Å²) in [6, 6.07) is 10.0. The van der Waals surface area contributed by atoms with Crippen LogP contribution in [0, 0.1) is 0 Å². The zero-order valence-electron chi connectivity index (χ0n) is 9.19. The van der Waals surface area contributed by atoms with Gasteiger partial charge in [0.1, 0.15) is 5.82 Å². The van der Waals surface area contributed by atoms with E-state index >= 15 is 0 Å². The van der Waals surface area contributed by atoms with E-state index in [1.807, 2.05) is 30.3 Å². The second-order valence-corrected chi connectivity index (χ2v) is 4.28. The van der Waals surface area contributed by atoms with Gasteiger partial charge in [-0.05, 0) is 18.9 Å². The third kappa shape index (κ3) is 1.48. The molecule has 0 spiro atoms. The van der Waals surface area contributed by atoms with Crippen molar-refractivity contribution >= 4 is 22.4 Å². The van der Waals surface area contributed by atoms with Crippen LogP contribution in [0.4, 0.5) is 11.5 Å². The average molecular weight is 213 g/mol. The number of pyridine rings is 1. The second kappa shape index (κ2) is 3.67. The molecule has 2 aromatic rings. The van der Waals surface area contributed by atoms with Crippen molar-refractivity contribution in [2.75, 3.05) is 23.7 Å². The first kappa shape index (κ1) is 9.46. The molecule has 0 bridgehead atoms. The van der Waals surface area contributed by atoms with Crippen molar-refractivity contribution in [3.63, 3.8) is 0 Å². The quantitative estimate of drug-likeness (QED) is 0.791. The highest BCUT2D eigenvalue weighted by Gasteiger charge is 2.14. The normalized spacial score (nSPS) is 15.9. The Labute approximate surface area is 94.9 Å². The molecule has 82 valence electrons. The van der Waals surface area contributed by atoms with E-state index in [0.717, 1.165) is 35.5 Å². The fourth-order valence-electron chi connectivity index (χ4n) is 2.30. The predicted molar refractivity (Wildman–Crippen MR) is 67.6 cm³/mol. The number of nitrogen functional groups attached to an aromatic ring is 1. The standard InChI is InChI=1S/C13H15N3/c14-11-9-13(16-7-3-4-8-16)15-12-6-2-1-5-10(11)12/h1-2,5-6,9H,3-4,7-8H2,(H2,14,15). The molecule has 0 amide bonds. The molecule has 0 aliphatic carbocycles. The Bertz CT molecular complexity index is 516. The molecule has 0 saturated carbocycles. The maximum absolute atomic E-state index is 6.06. The highest BCUT2D eigenvalue weighted by atomic mass is 15.2. The van der Waals surface area contributed by atoms with E-state index < -0.39 is 0 Å². The van der Waals surface area contributed by atoms with Crippen molar-refractivity contribution < 1.29 is 0 Å². The molecule has 1 aliphatic heterocycles. The number of para-hydroxylation sites is 1. The summed E-state index contributed by atoms with van der Waals surface area (Å²) in [7, 11) is 0. The number of nitrogens with two attached hydrogens (primary N) is 1. The van der Waals surface area contributed by atoms with Crippen LogP contribution in [-0.2, 0) is 0 Å². The summed E-state index contributed by atoms with van der Waals surface area (Å²) in [6.45, 7) is 2.20. The van der Waals surface area contributed by atoms with Gasteiger partial charge in [0, 0.05) is 30.2 Å². The van der Waals surface area contributed by atoms with Crippen LogP contribution >= 0.6 is 0 Å². The minimum absolute atomic E-state index is 0.826. The molecule has 3 rings (SSSR count). The van der Waals surface area contributed by atoms with Gasteiger partial charge >= 0.3 is 0 Å².